The summed E-state index contributed by atoms with van der Waals surface area (Å²) in [5.74, 6) is 0.0167. The Kier molecular flexibility index (Phi) is 3.83. The number of hydrogen-bond donors (Lipinski definition) is 0. The van der Waals surface area contributed by atoms with Gasteiger partial charge in [0.05, 0.1) is 15.8 Å². The molecule has 1 aromatic carbocycles. The number of amides is 1. The number of benzene rings is 1. The highest BCUT2D eigenvalue weighted by molar-refractivity contribution is 7.18. The summed E-state index contributed by atoms with van der Waals surface area (Å²) in [6.45, 7) is 1.57. The van der Waals surface area contributed by atoms with Crippen molar-refractivity contribution < 1.29 is 4.79 Å². The molecule has 0 saturated carbocycles. The first-order chi connectivity index (χ1) is 13.2. The van der Waals surface area contributed by atoms with Crippen LogP contribution < -0.4 is 5.56 Å². The van der Waals surface area contributed by atoms with E-state index in [-0.39, 0.29) is 11.5 Å². The highest BCUT2D eigenvalue weighted by Crippen LogP contribution is 2.30. The topological polar surface area (TPSA) is 41.8 Å². The average Bonchev–Trinajstić information content (AvgIpc) is 3.40. The molecule has 0 unspecified atom stereocenters. The Morgan fingerprint density at radius 1 is 1.00 bits per heavy atom. The van der Waals surface area contributed by atoms with Crippen molar-refractivity contribution in [2.24, 2.45) is 0 Å². The first-order valence-corrected chi connectivity index (χ1v) is 10.0. The first-order valence-electron chi connectivity index (χ1n) is 9.14. The molecule has 0 radical (unpaired) electrons. The van der Waals surface area contributed by atoms with Crippen molar-refractivity contribution in [3.63, 3.8) is 0 Å². The van der Waals surface area contributed by atoms with Crippen LogP contribution in [-0.2, 0) is 0 Å². The Morgan fingerprint density at radius 2 is 1.78 bits per heavy atom. The molecule has 0 bridgehead atoms. The lowest BCUT2D eigenvalue weighted by Gasteiger charge is -2.18. The third-order valence-electron chi connectivity index (χ3n) is 5.26. The number of carbonyl (C=O) groups is 1. The van der Waals surface area contributed by atoms with Gasteiger partial charge in [-0.25, -0.2) is 0 Å². The van der Waals surface area contributed by atoms with E-state index >= 15 is 0 Å². The Hall–Kier alpha value is -2.92. The Labute approximate surface area is 160 Å². The molecule has 27 heavy (non-hydrogen) atoms. The molecule has 0 aliphatic carbocycles. The summed E-state index contributed by atoms with van der Waals surface area (Å²) in [5, 5.41) is 3.06. The maximum atomic E-state index is 13.3. The van der Waals surface area contributed by atoms with Crippen LogP contribution in [0, 0.1) is 0 Å². The third kappa shape index (κ3) is 2.58. The predicted octanol–water partition coefficient (Wildman–Crippen LogP) is 4.42. The minimum atomic E-state index is -0.0931. The van der Waals surface area contributed by atoms with E-state index in [0.717, 1.165) is 47.1 Å². The number of pyridine rings is 2. The minimum Gasteiger partial charge on any atom is -0.339 e. The summed E-state index contributed by atoms with van der Waals surface area (Å²) >= 11 is 1.57. The second-order valence-corrected chi connectivity index (χ2v) is 7.80. The highest BCUT2D eigenvalue weighted by Gasteiger charge is 2.24. The normalized spacial score (nSPS) is 14.3. The van der Waals surface area contributed by atoms with Crippen LogP contribution in [0.4, 0.5) is 0 Å². The fraction of sp³-hybridized carbons (Fsp3) is 0.182. The van der Waals surface area contributed by atoms with Crippen molar-refractivity contribution >= 4 is 32.8 Å². The predicted molar refractivity (Wildman–Crippen MR) is 110 cm³/mol. The molecule has 0 N–H and O–H groups in total. The van der Waals surface area contributed by atoms with Crippen LogP contribution in [0.1, 0.15) is 23.2 Å². The lowest BCUT2D eigenvalue weighted by molar-refractivity contribution is 0.0794. The van der Waals surface area contributed by atoms with Crippen molar-refractivity contribution in [1.29, 1.82) is 0 Å². The zero-order chi connectivity index (χ0) is 18.4. The van der Waals surface area contributed by atoms with Gasteiger partial charge in [0.15, 0.2) is 0 Å². The molecule has 1 aliphatic heterocycles. The molecule has 1 fully saturated rings. The number of nitrogens with zero attached hydrogens (tertiary/aromatic N) is 2. The Balaban J connectivity index is 1.86. The number of thiophene rings is 1. The Morgan fingerprint density at radius 3 is 2.56 bits per heavy atom. The van der Waals surface area contributed by atoms with Gasteiger partial charge in [0, 0.05) is 24.8 Å². The quantitative estimate of drug-likeness (QED) is 0.521. The molecule has 1 amide bonds. The van der Waals surface area contributed by atoms with Gasteiger partial charge in [0.1, 0.15) is 0 Å². The zero-order valence-corrected chi connectivity index (χ0v) is 15.5. The third-order valence-corrected chi connectivity index (χ3v) is 6.19. The van der Waals surface area contributed by atoms with E-state index in [9.17, 15) is 9.59 Å². The number of likely N-dealkylation sites (tertiary alicyclic amines) is 1. The van der Waals surface area contributed by atoms with Crippen molar-refractivity contribution in [3.05, 3.63) is 76.0 Å². The number of hydrogen-bond acceptors (Lipinski definition) is 3. The van der Waals surface area contributed by atoms with Gasteiger partial charge in [-0.05, 0) is 47.4 Å². The molecule has 1 saturated heterocycles. The second-order valence-electron chi connectivity index (χ2n) is 6.88. The maximum Gasteiger partial charge on any atom is 0.263 e. The molecule has 4 aromatic rings. The standard InChI is InChI=1S/C22H18N2O2S/c25-21(23-10-4-5-11-23)18-14-17(15-6-2-1-3-7-15)22(26)24-12-8-16-9-13-27-20(16)19(18)24/h1-3,6-9,12-14H,4-5,10-11H2. The summed E-state index contributed by atoms with van der Waals surface area (Å²) in [6.07, 6.45) is 3.87. The van der Waals surface area contributed by atoms with Crippen LogP contribution >= 0.6 is 11.3 Å². The number of carbonyl (C=O) groups excluding carboxylic acids is 1. The van der Waals surface area contributed by atoms with Gasteiger partial charge < -0.3 is 4.90 Å². The van der Waals surface area contributed by atoms with Gasteiger partial charge in [-0.3, -0.25) is 14.0 Å². The molecule has 4 heterocycles. The van der Waals surface area contributed by atoms with Crippen molar-refractivity contribution in [3.8, 4) is 11.1 Å². The molecule has 0 spiro atoms. The molecular formula is C22H18N2O2S. The van der Waals surface area contributed by atoms with E-state index in [2.05, 4.69) is 0 Å². The lowest BCUT2D eigenvalue weighted by Crippen LogP contribution is -2.29. The average molecular weight is 374 g/mol. The van der Waals surface area contributed by atoms with Crippen LogP contribution in [0.25, 0.3) is 26.7 Å². The zero-order valence-electron chi connectivity index (χ0n) is 14.7. The first kappa shape index (κ1) is 16.3. The van der Waals surface area contributed by atoms with Crippen molar-refractivity contribution in [2.75, 3.05) is 13.1 Å². The van der Waals surface area contributed by atoms with Gasteiger partial charge in [0.25, 0.3) is 11.5 Å². The van der Waals surface area contributed by atoms with Crippen molar-refractivity contribution in [2.45, 2.75) is 12.8 Å². The van der Waals surface area contributed by atoms with Crippen LogP contribution in [0.15, 0.2) is 64.9 Å². The fourth-order valence-electron chi connectivity index (χ4n) is 3.89. The minimum absolute atomic E-state index is 0.0167. The monoisotopic (exact) mass is 374 g/mol. The molecule has 1 aliphatic rings. The molecule has 4 nitrogen and oxygen atoms in total. The van der Waals surface area contributed by atoms with E-state index in [1.165, 1.54) is 0 Å². The highest BCUT2D eigenvalue weighted by atomic mass is 32.1. The van der Waals surface area contributed by atoms with Crippen LogP contribution in [0.5, 0.6) is 0 Å². The van der Waals surface area contributed by atoms with E-state index in [4.69, 9.17) is 0 Å². The van der Waals surface area contributed by atoms with E-state index in [1.807, 2.05) is 52.7 Å². The lowest BCUT2D eigenvalue weighted by atomic mass is 10.0. The smallest absolute Gasteiger partial charge is 0.263 e. The van der Waals surface area contributed by atoms with E-state index in [0.29, 0.717) is 11.1 Å². The molecular weight excluding hydrogens is 356 g/mol. The second kappa shape index (κ2) is 6.35. The van der Waals surface area contributed by atoms with Crippen LogP contribution in [0.2, 0.25) is 0 Å². The van der Waals surface area contributed by atoms with Crippen LogP contribution in [-0.4, -0.2) is 28.3 Å². The van der Waals surface area contributed by atoms with Gasteiger partial charge in [-0.15, -0.1) is 11.3 Å². The largest absolute Gasteiger partial charge is 0.339 e. The van der Waals surface area contributed by atoms with Gasteiger partial charge in [-0.1, -0.05) is 30.3 Å². The SMILES string of the molecule is O=C(c1cc(-c2ccccc2)c(=O)n2ccc3ccsc3c12)N1CCCC1. The van der Waals surface area contributed by atoms with E-state index in [1.54, 1.807) is 28.0 Å². The molecule has 3 aromatic heterocycles. The summed E-state index contributed by atoms with van der Waals surface area (Å²) in [6, 6.07) is 15.3. The van der Waals surface area contributed by atoms with Gasteiger partial charge in [0.2, 0.25) is 0 Å². The van der Waals surface area contributed by atoms with Crippen LogP contribution in [0.3, 0.4) is 0 Å². The van der Waals surface area contributed by atoms with Gasteiger partial charge >= 0.3 is 0 Å². The number of aromatic nitrogens is 1. The molecule has 5 heteroatoms. The number of rotatable bonds is 2. The molecule has 0 atom stereocenters. The van der Waals surface area contributed by atoms with E-state index < -0.39 is 0 Å². The van der Waals surface area contributed by atoms with Gasteiger partial charge in [-0.2, -0.15) is 0 Å². The molecule has 134 valence electrons. The van der Waals surface area contributed by atoms with Crippen molar-refractivity contribution in [1.82, 2.24) is 9.30 Å². The summed E-state index contributed by atoms with van der Waals surface area (Å²) in [5.41, 5.74) is 2.64. The fourth-order valence-corrected chi connectivity index (χ4v) is 4.83. The Bertz CT molecular complexity index is 1220. The summed E-state index contributed by atoms with van der Waals surface area (Å²) in [7, 11) is 0. The summed E-state index contributed by atoms with van der Waals surface area (Å²) < 4.78 is 2.63. The molecule has 5 rings (SSSR count). The number of fused-ring (bicyclic) bond motifs is 3. The maximum absolute atomic E-state index is 13.3. The summed E-state index contributed by atoms with van der Waals surface area (Å²) in [4.78, 5) is 28.5.